The Morgan fingerprint density at radius 1 is 0.897 bits per heavy atom. The van der Waals surface area contributed by atoms with Crippen molar-refractivity contribution < 1.29 is 9.21 Å². The summed E-state index contributed by atoms with van der Waals surface area (Å²) in [4.78, 5) is 16.3. The van der Waals surface area contributed by atoms with Crippen LogP contribution >= 0.6 is 0 Å². The number of amides is 1. The Hall–Kier alpha value is -1.36. The Bertz CT molecular complexity index is 516. The summed E-state index contributed by atoms with van der Waals surface area (Å²) >= 11 is 0. The van der Waals surface area contributed by atoms with Crippen molar-refractivity contribution in [2.24, 2.45) is 5.73 Å². The summed E-state index contributed by atoms with van der Waals surface area (Å²) in [5.74, 6) is 0.284. The molecule has 1 rings (SSSR count). The molecule has 1 heterocycles. The lowest BCUT2D eigenvalue weighted by Crippen LogP contribution is -2.25. The SMILES string of the molecule is CCCCCCCCCCCCCCCCNC(=O)c1coc(C(N)CCC)n1. The summed E-state index contributed by atoms with van der Waals surface area (Å²) < 4.78 is 5.33. The van der Waals surface area contributed by atoms with Crippen molar-refractivity contribution in [3.8, 4) is 0 Å². The summed E-state index contributed by atoms with van der Waals surface area (Å²) in [6, 6.07) is -0.229. The van der Waals surface area contributed by atoms with Crippen LogP contribution in [0.25, 0.3) is 0 Å². The van der Waals surface area contributed by atoms with Gasteiger partial charge in [0, 0.05) is 6.54 Å². The molecule has 0 saturated heterocycles. The molecule has 1 atom stereocenters. The quantitative estimate of drug-likeness (QED) is 0.250. The Morgan fingerprint density at radius 2 is 1.41 bits per heavy atom. The zero-order valence-corrected chi connectivity index (χ0v) is 19.0. The Kier molecular flexibility index (Phi) is 15.5. The van der Waals surface area contributed by atoms with Crippen LogP contribution in [0.2, 0.25) is 0 Å². The zero-order chi connectivity index (χ0) is 21.2. The monoisotopic (exact) mass is 407 g/mol. The number of nitrogens with one attached hydrogen (secondary N) is 1. The third-order valence-electron chi connectivity index (χ3n) is 5.49. The molecule has 1 aromatic rings. The zero-order valence-electron chi connectivity index (χ0n) is 19.0. The van der Waals surface area contributed by atoms with Crippen molar-refractivity contribution in [2.45, 2.75) is 123 Å². The van der Waals surface area contributed by atoms with Crippen molar-refractivity contribution in [3.05, 3.63) is 17.8 Å². The molecule has 168 valence electrons. The summed E-state index contributed by atoms with van der Waals surface area (Å²) in [5, 5.41) is 2.92. The van der Waals surface area contributed by atoms with Crippen LogP contribution in [0.1, 0.15) is 139 Å². The molecule has 0 aliphatic heterocycles. The van der Waals surface area contributed by atoms with E-state index in [1.807, 2.05) is 0 Å². The molecule has 0 saturated carbocycles. The first-order valence-electron chi connectivity index (χ1n) is 12.2. The summed E-state index contributed by atoms with van der Waals surface area (Å²) in [5.41, 5.74) is 6.30. The van der Waals surface area contributed by atoms with Crippen molar-refractivity contribution in [1.29, 1.82) is 0 Å². The third-order valence-corrected chi connectivity index (χ3v) is 5.49. The average Bonchev–Trinajstić information content (AvgIpc) is 3.21. The molecule has 5 heteroatoms. The first-order chi connectivity index (χ1) is 14.2. The fourth-order valence-electron chi connectivity index (χ4n) is 3.61. The molecular formula is C24H45N3O2. The normalized spacial score (nSPS) is 12.2. The van der Waals surface area contributed by atoms with E-state index in [4.69, 9.17) is 10.2 Å². The highest BCUT2D eigenvalue weighted by atomic mass is 16.3. The fourth-order valence-corrected chi connectivity index (χ4v) is 3.61. The number of hydrogen-bond acceptors (Lipinski definition) is 4. The molecule has 1 amide bonds. The number of unbranched alkanes of at least 4 members (excludes halogenated alkanes) is 13. The highest BCUT2D eigenvalue weighted by molar-refractivity contribution is 5.91. The van der Waals surface area contributed by atoms with Crippen LogP contribution < -0.4 is 11.1 Å². The second kappa shape index (κ2) is 17.5. The molecule has 1 unspecified atom stereocenters. The molecule has 5 nitrogen and oxygen atoms in total. The number of hydrogen-bond donors (Lipinski definition) is 2. The van der Waals surface area contributed by atoms with Gasteiger partial charge in [-0.05, 0) is 12.8 Å². The average molecular weight is 408 g/mol. The van der Waals surface area contributed by atoms with Crippen LogP contribution in [0.5, 0.6) is 0 Å². The predicted molar refractivity (Wildman–Crippen MR) is 121 cm³/mol. The largest absolute Gasteiger partial charge is 0.446 e. The molecule has 0 aliphatic carbocycles. The van der Waals surface area contributed by atoms with Gasteiger partial charge in [0.05, 0.1) is 6.04 Å². The van der Waals surface area contributed by atoms with Crippen molar-refractivity contribution in [3.63, 3.8) is 0 Å². The van der Waals surface area contributed by atoms with E-state index >= 15 is 0 Å². The lowest BCUT2D eigenvalue weighted by Gasteiger charge is -2.05. The van der Waals surface area contributed by atoms with Crippen LogP contribution in [0.15, 0.2) is 10.7 Å². The van der Waals surface area contributed by atoms with Crippen molar-refractivity contribution in [1.82, 2.24) is 10.3 Å². The molecule has 0 radical (unpaired) electrons. The van der Waals surface area contributed by atoms with Gasteiger partial charge in [-0.25, -0.2) is 4.98 Å². The van der Waals surface area contributed by atoms with E-state index in [0.717, 1.165) is 19.3 Å². The topological polar surface area (TPSA) is 81.2 Å². The molecular weight excluding hydrogens is 362 g/mol. The van der Waals surface area contributed by atoms with Gasteiger partial charge >= 0.3 is 0 Å². The number of carbonyl (C=O) groups excluding carboxylic acids is 1. The van der Waals surface area contributed by atoms with Crippen molar-refractivity contribution >= 4 is 5.91 Å². The van der Waals surface area contributed by atoms with E-state index < -0.39 is 0 Å². The maximum atomic E-state index is 12.1. The lowest BCUT2D eigenvalue weighted by atomic mass is 10.0. The van der Waals surface area contributed by atoms with Crippen LogP contribution in [-0.2, 0) is 0 Å². The lowest BCUT2D eigenvalue weighted by molar-refractivity contribution is 0.0948. The van der Waals surface area contributed by atoms with Crippen LogP contribution in [0.3, 0.4) is 0 Å². The summed E-state index contributed by atoms with van der Waals surface area (Å²) in [6.07, 6.45) is 21.9. The molecule has 0 spiro atoms. The van der Waals surface area contributed by atoms with Gasteiger partial charge in [-0.1, -0.05) is 104 Å². The second-order valence-electron chi connectivity index (χ2n) is 8.32. The maximum absolute atomic E-state index is 12.1. The van der Waals surface area contributed by atoms with Crippen molar-refractivity contribution in [2.75, 3.05) is 6.54 Å². The number of nitrogens with two attached hydrogens (primary N) is 1. The smallest absolute Gasteiger partial charge is 0.273 e. The number of rotatable bonds is 19. The molecule has 1 aromatic heterocycles. The summed E-state index contributed by atoms with van der Waals surface area (Å²) in [6.45, 7) is 5.03. The minimum atomic E-state index is -0.229. The van der Waals surface area contributed by atoms with Crippen LogP contribution in [-0.4, -0.2) is 17.4 Å². The molecule has 29 heavy (non-hydrogen) atoms. The predicted octanol–water partition coefficient (Wildman–Crippen LogP) is 6.69. The third kappa shape index (κ3) is 12.7. The minimum absolute atomic E-state index is 0.168. The van der Waals surface area contributed by atoms with Gasteiger partial charge in [0.2, 0.25) is 5.89 Å². The first kappa shape index (κ1) is 25.7. The molecule has 0 fully saturated rings. The van der Waals surface area contributed by atoms with E-state index in [0.29, 0.717) is 18.1 Å². The molecule has 0 bridgehead atoms. The number of oxazole rings is 1. The van der Waals surface area contributed by atoms with Gasteiger partial charge in [0.25, 0.3) is 5.91 Å². The Balaban J connectivity index is 1.91. The molecule has 0 aromatic carbocycles. The fraction of sp³-hybridized carbons (Fsp3) is 0.833. The van der Waals surface area contributed by atoms with E-state index in [1.54, 1.807) is 0 Å². The van der Waals surface area contributed by atoms with E-state index in [2.05, 4.69) is 24.1 Å². The van der Waals surface area contributed by atoms with Gasteiger partial charge in [0.15, 0.2) is 5.69 Å². The van der Waals surface area contributed by atoms with E-state index in [-0.39, 0.29) is 11.9 Å². The highest BCUT2D eigenvalue weighted by Crippen LogP contribution is 2.15. The Labute approximate surface area is 178 Å². The molecule has 0 aliphatic rings. The molecule has 3 N–H and O–H groups in total. The standard InChI is InChI=1S/C24H45N3O2/c1-3-5-6-7-8-9-10-11-12-13-14-15-16-17-19-26-23(28)22-20-29-24(27-22)21(25)18-4-2/h20-21H,3-19,25H2,1-2H3,(H,26,28). The second-order valence-corrected chi connectivity index (χ2v) is 8.32. The van der Waals surface area contributed by atoms with E-state index in [1.165, 1.54) is 89.7 Å². The van der Waals surface area contributed by atoms with Crippen LogP contribution in [0, 0.1) is 0 Å². The van der Waals surface area contributed by atoms with Gasteiger partial charge in [-0.2, -0.15) is 0 Å². The van der Waals surface area contributed by atoms with Gasteiger partial charge in [-0.15, -0.1) is 0 Å². The Morgan fingerprint density at radius 3 is 1.93 bits per heavy atom. The first-order valence-corrected chi connectivity index (χ1v) is 12.2. The van der Waals surface area contributed by atoms with Gasteiger partial charge in [-0.3, -0.25) is 4.79 Å². The van der Waals surface area contributed by atoms with Gasteiger partial charge in [0.1, 0.15) is 6.26 Å². The minimum Gasteiger partial charge on any atom is -0.446 e. The number of nitrogens with zero attached hydrogens (tertiary/aromatic N) is 1. The van der Waals surface area contributed by atoms with Gasteiger partial charge < -0.3 is 15.5 Å². The highest BCUT2D eigenvalue weighted by Gasteiger charge is 2.16. The maximum Gasteiger partial charge on any atom is 0.273 e. The number of aromatic nitrogens is 1. The van der Waals surface area contributed by atoms with E-state index in [9.17, 15) is 4.79 Å². The van der Waals surface area contributed by atoms with Crippen LogP contribution in [0.4, 0.5) is 0 Å². The number of carbonyl (C=O) groups is 1. The summed E-state index contributed by atoms with van der Waals surface area (Å²) in [7, 11) is 0.